The molecule has 76 valence electrons. The predicted molar refractivity (Wildman–Crippen MR) is 62.2 cm³/mol. The van der Waals surface area contributed by atoms with Gasteiger partial charge >= 0.3 is 0 Å². The summed E-state index contributed by atoms with van der Waals surface area (Å²) in [5.41, 5.74) is 0. The van der Waals surface area contributed by atoms with Gasteiger partial charge in [-0.05, 0) is 32.1 Å². The Morgan fingerprint density at radius 3 is 2.54 bits per heavy atom. The summed E-state index contributed by atoms with van der Waals surface area (Å²) < 4.78 is 0. The van der Waals surface area contributed by atoms with Crippen LogP contribution in [0.15, 0.2) is 24.8 Å². The first-order chi connectivity index (χ1) is 6.31. The molecule has 1 unspecified atom stereocenters. The van der Waals surface area contributed by atoms with Crippen LogP contribution in [-0.2, 0) is 0 Å². The lowest BCUT2D eigenvalue weighted by molar-refractivity contribution is 0.214. The lowest BCUT2D eigenvalue weighted by atomic mass is 10.1. The zero-order valence-corrected chi connectivity index (χ0v) is 9.67. The Kier molecular flexibility index (Phi) is 9.94. The predicted octanol–water partition coefficient (Wildman–Crippen LogP) is 3.43. The molecule has 0 aromatic heterocycles. The summed E-state index contributed by atoms with van der Waals surface area (Å²) in [5, 5.41) is 10.2. The monoisotopic (exact) mass is 246 g/mol. The minimum atomic E-state index is -0.341. The van der Waals surface area contributed by atoms with Crippen LogP contribution in [0, 0.1) is 0 Å². The van der Waals surface area contributed by atoms with Crippen molar-refractivity contribution < 1.29 is 5.11 Å². The van der Waals surface area contributed by atoms with E-state index >= 15 is 0 Å². The Hall–Kier alpha value is -0.0800. The summed E-state index contributed by atoms with van der Waals surface area (Å²) in [6.07, 6.45) is 10.9. The van der Waals surface area contributed by atoms with Crippen molar-refractivity contribution in [3.63, 3.8) is 0 Å². The first kappa shape index (κ1) is 12.9. The SMILES string of the molecule is C=CC(O)CC/C=C/CCCCBr. The molecule has 0 radical (unpaired) electrons. The van der Waals surface area contributed by atoms with Crippen LogP contribution >= 0.6 is 15.9 Å². The van der Waals surface area contributed by atoms with Crippen molar-refractivity contribution in [3.8, 4) is 0 Å². The van der Waals surface area contributed by atoms with Crippen molar-refractivity contribution in [2.24, 2.45) is 0 Å². The molecular weight excluding hydrogens is 228 g/mol. The Bertz CT molecular complexity index is 143. The fourth-order valence-corrected chi connectivity index (χ4v) is 1.37. The summed E-state index contributed by atoms with van der Waals surface area (Å²) in [6.45, 7) is 3.52. The van der Waals surface area contributed by atoms with Crippen LogP contribution in [0.2, 0.25) is 0 Å². The van der Waals surface area contributed by atoms with Crippen molar-refractivity contribution in [1.82, 2.24) is 0 Å². The molecule has 0 aromatic carbocycles. The van der Waals surface area contributed by atoms with Crippen LogP contribution in [0.25, 0.3) is 0 Å². The first-order valence-corrected chi connectivity index (χ1v) is 5.95. The van der Waals surface area contributed by atoms with Gasteiger partial charge in [-0.15, -0.1) is 6.58 Å². The summed E-state index contributed by atoms with van der Waals surface area (Å²) in [4.78, 5) is 0. The fraction of sp³-hybridized carbons (Fsp3) is 0.636. The van der Waals surface area contributed by atoms with Gasteiger partial charge in [-0.25, -0.2) is 0 Å². The molecule has 0 aromatic rings. The van der Waals surface area contributed by atoms with Gasteiger partial charge in [0.2, 0.25) is 0 Å². The smallest absolute Gasteiger partial charge is 0.0721 e. The highest BCUT2D eigenvalue weighted by atomic mass is 79.9. The second-order valence-corrected chi connectivity index (χ2v) is 3.83. The third-order valence-electron chi connectivity index (χ3n) is 1.82. The minimum absolute atomic E-state index is 0.341. The van der Waals surface area contributed by atoms with Crippen molar-refractivity contribution in [2.45, 2.75) is 38.2 Å². The Labute approximate surface area is 89.7 Å². The van der Waals surface area contributed by atoms with Gasteiger partial charge in [-0.2, -0.15) is 0 Å². The quantitative estimate of drug-likeness (QED) is 0.396. The molecule has 0 saturated carbocycles. The molecular formula is C11H19BrO. The van der Waals surface area contributed by atoms with E-state index in [2.05, 4.69) is 34.7 Å². The molecule has 0 bridgehead atoms. The second kappa shape index (κ2) is 10.0. The van der Waals surface area contributed by atoms with Gasteiger partial charge in [0.15, 0.2) is 0 Å². The Balaban J connectivity index is 3.16. The van der Waals surface area contributed by atoms with Gasteiger partial charge in [0.05, 0.1) is 6.10 Å². The van der Waals surface area contributed by atoms with E-state index in [-0.39, 0.29) is 6.10 Å². The molecule has 1 nitrogen and oxygen atoms in total. The summed E-state index contributed by atoms with van der Waals surface area (Å²) >= 11 is 3.39. The van der Waals surface area contributed by atoms with Crippen molar-refractivity contribution in [1.29, 1.82) is 0 Å². The number of aliphatic hydroxyl groups excluding tert-OH is 1. The number of hydrogen-bond donors (Lipinski definition) is 1. The molecule has 0 aliphatic heterocycles. The lowest BCUT2D eigenvalue weighted by Gasteiger charge is -2.00. The van der Waals surface area contributed by atoms with Gasteiger partial charge in [-0.1, -0.05) is 34.2 Å². The van der Waals surface area contributed by atoms with Crippen LogP contribution in [-0.4, -0.2) is 16.5 Å². The summed E-state index contributed by atoms with van der Waals surface area (Å²) in [7, 11) is 0. The molecule has 0 aliphatic rings. The molecule has 2 heteroatoms. The van der Waals surface area contributed by atoms with Crippen LogP contribution in [0.3, 0.4) is 0 Å². The number of rotatable bonds is 8. The molecule has 0 heterocycles. The third kappa shape index (κ3) is 9.84. The largest absolute Gasteiger partial charge is 0.389 e. The summed E-state index contributed by atoms with van der Waals surface area (Å²) in [6, 6.07) is 0. The highest BCUT2D eigenvalue weighted by Gasteiger charge is 1.93. The second-order valence-electron chi connectivity index (χ2n) is 3.04. The molecule has 1 atom stereocenters. The highest BCUT2D eigenvalue weighted by Crippen LogP contribution is 2.02. The third-order valence-corrected chi connectivity index (χ3v) is 2.38. The molecule has 0 rings (SSSR count). The van der Waals surface area contributed by atoms with Crippen LogP contribution in [0.1, 0.15) is 32.1 Å². The van der Waals surface area contributed by atoms with E-state index in [1.807, 2.05) is 0 Å². The average molecular weight is 247 g/mol. The maximum atomic E-state index is 9.14. The van der Waals surface area contributed by atoms with Crippen molar-refractivity contribution in [2.75, 3.05) is 5.33 Å². The average Bonchev–Trinajstić information content (AvgIpc) is 2.16. The van der Waals surface area contributed by atoms with Crippen molar-refractivity contribution >= 4 is 15.9 Å². The van der Waals surface area contributed by atoms with E-state index in [1.54, 1.807) is 6.08 Å². The van der Waals surface area contributed by atoms with Gasteiger partial charge in [-0.3, -0.25) is 0 Å². The molecule has 0 amide bonds. The van der Waals surface area contributed by atoms with E-state index < -0.39 is 0 Å². The van der Waals surface area contributed by atoms with Crippen LogP contribution in [0.5, 0.6) is 0 Å². The molecule has 0 saturated heterocycles. The lowest BCUT2D eigenvalue weighted by Crippen LogP contribution is -1.99. The Morgan fingerprint density at radius 1 is 1.23 bits per heavy atom. The number of unbranched alkanes of at least 4 members (excludes halogenated alkanes) is 2. The number of alkyl halides is 1. The van der Waals surface area contributed by atoms with Crippen molar-refractivity contribution in [3.05, 3.63) is 24.8 Å². The van der Waals surface area contributed by atoms with Gasteiger partial charge in [0.1, 0.15) is 0 Å². The fourth-order valence-electron chi connectivity index (χ4n) is 0.977. The minimum Gasteiger partial charge on any atom is -0.389 e. The van der Waals surface area contributed by atoms with Gasteiger partial charge < -0.3 is 5.11 Å². The number of allylic oxidation sites excluding steroid dienone is 2. The maximum Gasteiger partial charge on any atom is 0.0721 e. The zero-order chi connectivity index (χ0) is 9.94. The van der Waals surface area contributed by atoms with E-state index in [1.165, 1.54) is 12.8 Å². The van der Waals surface area contributed by atoms with E-state index in [9.17, 15) is 0 Å². The normalized spacial score (nSPS) is 13.4. The van der Waals surface area contributed by atoms with Gasteiger partial charge in [0, 0.05) is 5.33 Å². The standard InChI is InChI=1S/C11H19BrO/c1-2-11(13)9-7-5-3-4-6-8-10-12/h2-3,5,11,13H,1,4,6-10H2/b5-3+. The number of halogens is 1. The molecule has 0 aliphatic carbocycles. The Morgan fingerprint density at radius 2 is 1.92 bits per heavy atom. The number of aliphatic hydroxyl groups is 1. The topological polar surface area (TPSA) is 20.2 Å². The highest BCUT2D eigenvalue weighted by molar-refractivity contribution is 9.09. The zero-order valence-electron chi connectivity index (χ0n) is 8.08. The molecule has 0 fully saturated rings. The maximum absolute atomic E-state index is 9.14. The van der Waals surface area contributed by atoms with E-state index in [4.69, 9.17) is 5.11 Å². The first-order valence-electron chi connectivity index (χ1n) is 4.83. The van der Waals surface area contributed by atoms with Crippen LogP contribution in [0.4, 0.5) is 0 Å². The number of hydrogen-bond acceptors (Lipinski definition) is 1. The van der Waals surface area contributed by atoms with Gasteiger partial charge in [0.25, 0.3) is 0 Å². The summed E-state index contributed by atoms with van der Waals surface area (Å²) in [5.74, 6) is 0. The van der Waals surface area contributed by atoms with E-state index in [0.29, 0.717) is 0 Å². The van der Waals surface area contributed by atoms with Crippen LogP contribution < -0.4 is 0 Å². The molecule has 0 spiro atoms. The van der Waals surface area contributed by atoms with E-state index in [0.717, 1.165) is 24.6 Å². The molecule has 1 N–H and O–H groups in total. The molecule has 13 heavy (non-hydrogen) atoms.